The Balaban J connectivity index is 2.02. The van der Waals surface area contributed by atoms with Gasteiger partial charge in [0.1, 0.15) is 0 Å². The highest BCUT2D eigenvalue weighted by Crippen LogP contribution is 2.32. The Morgan fingerprint density at radius 3 is 2.50 bits per heavy atom. The summed E-state index contributed by atoms with van der Waals surface area (Å²) in [6.45, 7) is 7.59. The molecule has 0 spiro atoms. The fourth-order valence-electron chi connectivity index (χ4n) is 3.05. The normalized spacial score (nSPS) is 27.5. The Hall–Kier alpha value is -0.170. The van der Waals surface area contributed by atoms with Gasteiger partial charge in [0.2, 0.25) is 0 Å². The molecule has 2 aliphatic rings. The minimum atomic E-state index is -3.36. The van der Waals surface area contributed by atoms with E-state index in [2.05, 4.69) is 23.9 Å². The molecule has 1 aliphatic carbocycles. The molecule has 0 aromatic rings. The maximum atomic E-state index is 12.6. The van der Waals surface area contributed by atoms with Gasteiger partial charge in [-0.2, -0.15) is 17.4 Å². The lowest BCUT2D eigenvalue weighted by Crippen LogP contribution is -2.59. The van der Waals surface area contributed by atoms with Crippen LogP contribution in [0.3, 0.4) is 0 Å². The molecule has 2 fully saturated rings. The predicted octanol–water partition coefficient (Wildman–Crippen LogP) is 1.62. The van der Waals surface area contributed by atoms with Crippen molar-refractivity contribution in [3.05, 3.63) is 0 Å². The molecule has 2 rings (SSSR count). The summed E-state index contributed by atoms with van der Waals surface area (Å²) in [7, 11) is -3.36. The molecule has 0 aromatic heterocycles. The van der Waals surface area contributed by atoms with Gasteiger partial charge in [-0.25, -0.2) is 0 Å². The van der Waals surface area contributed by atoms with Gasteiger partial charge in [0, 0.05) is 30.7 Å². The van der Waals surface area contributed by atoms with Crippen LogP contribution in [0.1, 0.15) is 59.3 Å². The van der Waals surface area contributed by atoms with Crippen LogP contribution in [-0.4, -0.2) is 43.4 Å². The van der Waals surface area contributed by atoms with E-state index < -0.39 is 10.2 Å². The molecule has 0 bridgehead atoms. The molecule has 0 aromatic carbocycles. The maximum Gasteiger partial charge on any atom is 0.280 e. The minimum Gasteiger partial charge on any atom is -0.313 e. The lowest BCUT2D eigenvalue weighted by molar-refractivity contribution is 0.212. The van der Waals surface area contributed by atoms with Crippen molar-refractivity contribution in [2.45, 2.75) is 76.9 Å². The zero-order valence-corrected chi connectivity index (χ0v) is 13.8. The van der Waals surface area contributed by atoms with Gasteiger partial charge in [0.05, 0.1) is 0 Å². The fourth-order valence-corrected chi connectivity index (χ4v) is 4.93. The second-order valence-corrected chi connectivity index (χ2v) is 8.47. The van der Waals surface area contributed by atoms with Gasteiger partial charge in [-0.05, 0) is 39.0 Å². The molecule has 2 N–H and O–H groups in total. The highest BCUT2D eigenvalue weighted by Gasteiger charge is 2.40. The van der Waals surface area contributed by atoms with Gasteiger partial charge < -0.3 is 5.32 Å². The van der Waals surface area contributed by atoms with Gasteiger partial charge >= 0.3 is 0 Å². The summed E-state index contributed by atoms with van der Waals surface area (Å²) in [5.74, 6) is 0. The summed E-state index contributed by atoms with van der Waals surface area (Å²) in [5, 5.41) is 3.37. The zero-order valence-electron chi connectivity index (χ0n) is 13.0. The summed E-state index contributed by atoms with van der Waals surface area (Å²) in [5.41, 5.74) is -0.216. The quantitative estimate of drug-likeness (QED) is 0.784. The molecule has 20 heavy (non-hydrogen) atoms. The molecule has 0 amide bonds. The van der Waals surface area contributed by atoms with Crippen LogP contribution in [0.5, 0.6) is 0 Å². The highest BCUT2D eigenvalue weighted by atomic mass is 32.2. The first kappa shape index (κ1) is 16.2. The molecule has 1 heterocycles. The van der Waals surface area contributed by atoms with Gasteiger partial charge in [-0.15, -0.1) is 0 Å². The van der Waals surface area contributed by atoms with E-state index in [1.54, 1.807) is 4.31 Å². The number of rotatable bonds is 6. The van der Waals surface area contributed by atoms with Crippen LogP contribution in [0.25, 0.3) is 0 Å². The van der Waals surface area contributed by atoms with Gasteiger partial charge in [-0.3, -0.25) is 0 Å². The van der Waals surface area contributed by atoms with Crippen LogP contribution >= 0.6 is 0 Å². The third-order valence-electron chi connectivity index (χ3n) is 4.48. The van der Waals surface area contributed by atoms with Gasteiger partial charge in [-0.1, -0.05) is 20.3 Å². The molecule has 6 heteroatoms. The largest absolute Gasteiger partial charge is 0.313 e. The van der Waals surface area contributed by atoms with E-state index in [0.717, 1.165) is 45.1 Å². The first-order chi connectivity index (χ1) is 9.32. The average Bonchev–Trinajstić information content (AvgIpc) is 2.34. The molecule has 1 aliphatic heterocycles. The zero-order chi connectivity index (χ0) is 14.8. The number of nitrogens with zero attached hydrogens (tertiary/aromatic N) is 1. The van der Waals surface area contributed by atoms with Crippen molar-refractivity contribution in [1.82, 2.24) is 14.3 Å². The van der Waals surface area contributed by atoms with E-state index in [9.17, 15) is 8.42 Å². The average molecular weight is 303 g/mol. The van der Waals surface area contributed by atoms with Crippen LogP contribution in [0.4, 0.5) is 0 Å². The fraction of sp³-hybridized carbons (Fsp3) is 1.00. The Labute approximate surface area is 123 Å². The summed E-state index contributed by atoms with van der Waals surface area (Å²) >= 11 is 0. The van der Waals surface area contributed by atoms with Crippen LogP contribution < -0.4 is 10.0 Å². The Morgan fingerprint density at radius 2 is 1.95 bits per heavy atom. The molecular weight excluding hydrogens is 274 g/mol. The highest BCUT2D eigenvalue weighted by molar-refractivity contribution is 7.87. The minimum absolute atomic E-state index is 0.0901. The van der Waals surface area contributed by atoms with Crippen LogP contribution in [0, 0.1) is 0 Å². The molecule has 1 unspecified atom stereocenters. The molecule has 118 valence electrons. The Morgan fingerprint density at radius 1 is 1.25 bits per heavy atom. The van der Waals surface area contributed by atoms with Crippen molar-refractivity contribution in [2.75, 3.05) is 13.1 Å². The van der Waals surface area contributed by atoms with Crippen LogP contribution in [0.2, 0.25) is 0 Å². The smallest absolute Gasteiger partial charge is 0.280 e. The first-order valence-corrected chi connectivity index (χ1v) is 9.31. The van der Waals surface area contributed by atoms with Crippen molar-refractivity contribution in [3.8, 4) is 0 Å². The molecule has 1 atom stereocenters. The van der Waals surface area contributed by atoms with Crippen molar-refractivity contribution >= 4 is 10.2 Å². The molecule has 1 saturated carbocycles. The lowest BCUT2D eigenvalue weighted by Gasteiger charge is -2.42. The number of piperidine rings is 1. The molecular formula is C14H29N3O2S. The van der Waals surface area contributed by atoms with E-state index >= 15 is 0 Å². The summed E-state index contributed by atoms with van der Waals surface area (Å²) in [4.78, 5) is 0. The van der Waals surface area contributed by atoms with E-state index in [1.807, 2.05) is 6.92 Å². The monoisotopic (exact) mass is 303 g/mol. The molecule has 0 radical (unpaired) electrons. The third-order valence-corrected chi connectivity index (χ3v) is 6.32. The first-order valence-electron chi connectivity index (χ1n) is 7.86. The van der Waals surface area contributed by atoms with Crippen molar-refractivity contribution in [1.29, 1.82) is 0 Å². The van der Waals surface area contributed by atoms with Crippen molar-refractivity contribution < 1.29 is 8.42 Å². The van der Waals surface area contributed by atoms with E-state index in [-0.39, 0.29) is 11.6 Å². The maximum absolute atomic E-state index is 12.6. The second-order valence-electron chi connectivity index (χ2n) is 6.84. The van der Waals surface area contributed by atoms with Crippen LogP contribution in [0.15, 0.2) is 0 Å². The lowest BCUT2D eigenvalue weighted by atomic mass is 9.80. The van der Waals surface area contributed by atoms with E-state index in [4.69, 9.17) is 0 Å². The summed E-state index contributed by atoms with van der Waals surface area (Å²) in [6.07, 6.45) is 6.07. The van der Waals surface area contributed by atoms with Crippen molar-refractivity contribution in [3.63, 3.8) is 0 Å². The number of hydrogen-bond donors (Lipinski definition) is 2. The van der Waals surface area contributed by atoms with Crippen LogP contribution in [-0.2, 0) is 10.2 Å². The Bertz CT molecular complexity index is 418. The number of nitrogens with one attached hydrogen (secondary N) is 2. The SMILES string of the molecule is CC(C)NCC1CCCCN1S(=O)(=O)NC1(C)CCC1. The summed E-state index contributed by atoms with van der Waals surface area (Å²) in [6, 6.07) is 0.478. The van der Waals surface area contributed by atoms with E-state index in [0.29, 0.717) is 12.6 Å². The molecule has 1 saturated heterocycles. The summed E-state index contributed by atoms with van der Waals surface area (Å²) < 4.78 is 29.9. The topological polar surface area (TPSA) is 61.4 Å². The predicted molar refractivity (Wildman–Crippen MR) is 81.8 cm³/mol. The standard InChI is InChI=1S/C14H29N3O2S/c1-12(2)15-11-13-7-4-5-10-17(13)20(18,19)16-14(3)8-6-9-14/h12-13,15-16H,4-11H2,1-3H3. The van der Waals surface area contributed by atoms with Gasteiger partial charge in [0.25, 0.3) is 10.2 Å². The van der Waals surface area contributed by atoms with Gasteiger partial charge in [0.15, 0.2) is 0 Å². The third kappa shape index (κ3) is 3.93. The van der Waals surface area contributed by atoms with E-state index in [1.165, 1.54) is 0 Å². The molecule has 5 nitrogen and oxygen atoms in total. The second kappa shape index (κ2) is 6.30. The number of hydrogen-bond acceptors (Lipinski definition) is 3. The van der Waals surface area contributed by atoms with Crippen molar-refractivity contribution in [2.24, 2.45) is 0 Å². The Kier molecular flexibility index (Phi) is 5.10.